The van der Waals surface area contributed by atoms with Crippen LogP contribution in [0.25, 0.3) is 0 Å². The summed E-state index contributed by atoms with van der Waals surface area (Å²) in [5.41, 5.74) is -0.390. The quantitative estimate of drug-likeness (QED) is 0.555. The van der Waals surface area contributed by atoms with Gasteiger partial charge in [0.1, 0.15) is 0 Å². The number of pyridine rings is 1. The highest BCUT2D eigenvalue weighted by Crippen LogP contribution is 2.37. The molecule has 1 unspecified atom stereocenters. The summed E-state index contributed by atoms with van der Waals surface area (Å²) in [7, 11) is 0. The van der Waals surface area contributed by atoms with Gasteiger partial charge in [0, 0.05) is 18.0 Å². The molecule has 0 aliphatic carbocycles. The van der Waals surface area contributed by atoms with E-state index in [-0.39, 0.29) is 11.3 Å². The standard InChI is InChI=1S/C16H12F4N4/c17-15-13(6-3-7-21-15)24-14(10-8-22-23-9-10)11-4-1-2-5-12(11)16(18,19)20/h1-9,14,24H,(H,22,23). The molecule has 2 heterocycles. The summed E-state index contributed by atoms with van der Waals surface area (Å²) in [6.45, 7) is 0. The van der Waals surface area contributed by atoms with Gasteiger partial charge in [-0.05, 0) is 23.8 Å². The Balaban J connectivity index is 2.09. The third-order valence-corrected chi connectivity index (χ3v) is 3.49. The molecule has 0 fully saturated rings. The molecule has 24 heavy (non-hydrogen) atoms. The fourth-order valence-electron chi connectivity index (χ4n) is 2.42. The number of halogens is 4. The van der Waals surface area contributed by atoms with Crippen molar-refractivity contribution in [1.82, 2.24) is 15.2 Å². The fourth-order valence-corrected chi connectivity index (χ4v) is 2.42. The molecule has 3 rings (SSSR count). The minimum atomic E-state index is -4.53. The van der Waals surface area contributed by atoms with E-state index in [9.17, 15) is 17.6 Å². The maximum absolute atomic E-state index is 13.8. The van der Waals surface area contributed by atoms with Crippen LogP contribution >= 0.6 is 0 Å². The van der Waals surface area contributed by atoms with E-state index < -0.39 is 23.7 Å². The van der Waals surface area contributed by atoms with Gasteiger partial charge in [0.25, 0.3) is 0 Å². The molecule has 1 atom stereocenters. The second-order valence-electron chi connectivity index (χ2n) is 5.04. The van der Waals surface area contributed by atoms with Crippen molar-refractivity contribution >= 4 is 5.69 Å². The molecule has 1 aromatic carbocycles. The molecule has 124 valence electrons. The van der Waals surface area contributed by atoms with Crippen molar-refractivity contribution < 1.29 is 17.6 Å². The van der Waals surface area contributed by atoms with Crippen LogP contribution < -0.4 is 5.32 Å². The molecule has 3 aromatic rings. The monoisotopic (exact) mass is 336 g/mol. The molecule has 4 nitrogen and oxygen atoms in total. The van der Waals surface area contributed by atoms with Crippen LogP contribution in [-0.2, 0) is 6.18 Å². The van der Waals surface area contributed by atoms with Crippen molar-refractivity contribution in [3.05, 3.63) is 77.6 Å². The Bertz CT molecular complexity index is 815. The molecular formula is C16H12F4N4. The van der Waals surface area contributed by atoms with Crippen molar-refractivity contribution in [2.75, 3.05) is 5.32 Å². The lowest BCUT2D eigenvalue weighted by molar-refractivity contribution is -0.138. The number of H-pyrrole nitrogens is 1. The first-order valence-corrected chi connectivity index (χ1v) is 6.98. The van der Waals surface area contributed by atoms with E-state index in [4.69, 9.17) is 0 Å². The number of benzene rings is 1. The number of aromatic amines is 1. The molecule has 0 amide bonds. The van der Waals surface area contributed by atoms with Gasteiger partial charge in [-0.1, -0.05) is 18.2 Å². The molecule has 2 aromatic heterocycles. The Kier molecular flexibility index (Phi) is 4.20. The third kappa shape index (κ3) is 3.22. The van der Waals surface area contributed by atoms with Crippen molar-refractivity contribution in [3.63, 3.8) is 0 Å². The van der Waals surface area contributed by atoms with Crippen LogP contribution in [0.3, 0.4) is 0 Å². The van der Waals surface area contributed by atoms with Crippen LogP contribution in [0.4, 0.5) is 23.2 Å². The van der Waals surface area contributed by atoms with E-state index in [2.05, 4.69) is 20.5 Å². The van der Waals surface area contributed by atoms with Crippen LogP contribution in [0.15, 0.2) is 55.0 Å². The first kappa shape index (κ1) is 16.0. The first-order chi connectivity index (χ1) is 11.5. The zero-order valence-electron chi connectivity index (χ0n) is 12.2. The maximum Gasteiger partial charge on any atom is 0.416 e. The Hall–Kier alpha value is -2.90. The smallest absolute Gasteiger partial charge is 0.370 e. The Morgan fingerprint density at radius 1 is 1.08 bits per heavy atom. The Morgan fingerprint density at radius 3 is 2.54 bits per heavy atom. The van der Waals surface area contributed by atoms with E-state index in [1.54, 1.807) is 0 Å². The largest absolute Gasteiger partial charge is 0.416 e. The Labute approximate surface area is 134 Å². The van der Waals surface area contributed by atoms with Crippen LogP contribution in [-0.4, -0.2) is 15.2 Å². The predicted molar refractivity (Wildman–Crippen MR) is 79.7 cm³/mol. The lowest BCUT2D eigenvalue weighted by atomic mass is 9.95. The molecular weight excluding hydrogens is 324 g/mol. The Morgan fingerprint density at radius 2 is 1.88 bits per heavy atom. The lowest BCUT2D eigenvalue weighted by Gasteiger charge is -2.23. The van der Waals surface area contributed by atoms with Gasteiger partial charge in [-0.15, -0.1) is 0 Å². The molecule has 0 saturated carbocycles. The average Bonchev–Trinajstić information content (AvgIpc) is 3.07. The summed E-state index contributed by atoms with van der Waals surface area (Å²) in [6.07, 6.45) is -0.428. The molecule has 0 radical (unpaired) electrons. The zero-order chi connectivity index (χ0) is 17.2. The van der Waals surface area contributed by atoms with E-state index in [0.717, 1.165) is 6.07 Å². The number of anilines is 1. The van der Waals surface area contributed by atoms with Gasteiger partial charge in [0.15, 0.2) is 0 Å². The van der Waals surface area contributed by atoms with Crippen LogP contribution in [0, 0.1) is 5.95 Å². The van der Waals surface area contributed by atoms with Gasteiger partial charge in [-0.25, -0.2) is 4.98 Å². The van der Waals surface area contributed by atoms with Crippen LogP contribution in [0.5, 0.6) is 0 Å². The van der Waals surface area contributed by atoms with Crippen LogP contribution in [0.1, 0.15) is 22.7 Å². The second-order valence-corrected chi connectivity index (χ2v) is 5.04. The number of aromatic nitrogens is 3. The van der Waals surface area contributed by atoms with Crippen molar-refractivity contribution in [2.45, 2.75) is 12.2 Å². The maximum atomic E-state index is 13.8. The summed E-state index contributed by atoms with van der Waals surface area (Å²) in [5, 5.41) is 9.11. The number of nitrogens with one attached hydrogen (secondary N) is 2. The van der Waals surface area contributed by atoms with E-state index in [0.29, 0.717) is 5.56 Å². The van der Waals surface area contributed by atoms with Gasteiger partial charge in [-0.2, -0.15) is 22.7 Å². The molecule has 2 N–H and O–H groups in total. The number of hydrogen-bond acceptors (Lipinski definition) is 3. The van der Waals surface area contributed by atoms with E-state index in [1.165, 1.54) is 48.9 Å². The minimum absolute atomic E-state index is 0.000627. The molecule has 0 saturated heterocycles. The summed E-state index contributed by atoms with van der Waals surface area (Å²) in [4.78, 5) is 3.50. The summed E-state index contributed by atoms with van der Waals surface area (Å²) >= 11 is 0. The number of alkyl halides is 3. The lowest BCUT2D eigenvalue weighted by Crippen LogP contribution is -2.18. The number of nitrogens with zero attached hydrogens (tertiary/aromatic N) is 2. The highest BCUT2D eigenvalue weighted by molar-refractivity contribution is 5.50. The summed E-state index contributed by atoms with van der Waals surface area (Å²) < 4.78 is 53.8. The molecule has 0 aliphatic heterocycles. The molecule has 0 bridgehead atoms. The normalized spacial score (nSPS) is 12.8. The average molecular weight is 336 g/mol. The SMILES string of the molecule is Fc1ncccc1NC(c1cn[nH]c1)c1ccccc1C(F)(F)F. The number of rotatable bonds is 4. The van der Waals surface area contributed by atoms with E-state index >= 15 is 0 Å². The van der Waals surface area contributed by atoms with E-state index in [1.807, 2.05) is 0 Å². The van der Waals surface area contributed by atoms with Gasteiger partial charge in [0.05, 0.1) is 23.5 Å². The molecule has 0 spiro atoms. The zero-order valence-corrected chi connectivity index (χ0v) is 12.2. The number of hydrogen-bond donors (Lipinski definition) is 2. The third-order valence-electron chi connectivity index (χ3n) is 3.49. The van der Waals surface area contributed by atoms with Gasteiger partial charge >= 0.3 is 6.18 Å². The van der Waals surface area contributed by atoms with Gasteiger partial charge < -0.3 is 5.32 Å². The van der Waals surface area contributed by atoms with Crippen molar-refractivity contribution in [1.29, 1.82) is 0 Å². The fraction of sp³-hybridized carbons (Fsp3) is 0.125. The van der Waals surface area contributed by atoms with Gasteiger partial charge in [-0.3, -0.25) is 5.10 Å². The van der Waals surface area contributed by atoms with Crippen molar-refractivity contribution in [2.24, 2.45) is 0 Å². The predicted octanol–water partition coefficient (Wildman–Crippen LogP) is 4.16. The highest BCUT2D eigenvalue weighted by atomic mass is 19.4. The molecule has 8 heteroatoms. The first-order valence-electron chi connectivity index (χ1n) is 6.98. The van der Waals surface area contributed by atoms with Gasteiger partial charge in [0.2, 0.25) is 5.95 Å². The minimum Gasteiger partial charge on any atom is -0.370 e. The second kappa shape index (κ2) is 6.31. The highest BCUT2D eigenvalue weighted by Gasteiger charge is 2.35. The van der Waals surface area contributed by atoms with Crippen molar-refractivity contribution in [3.8, 4) is 0 Å². The van der Waals surface area contributed by atoms with Crippen LogP contribution in [0.2, 0.25) is 0 Å². The topological polar surface area (TPSA) is 53.6 Å². The molecule has 0 aliphatic rings. The summed E-state index contributed by atoms with van der Waals surface area (Å²) in [6, 6.07) is 7.10. The summed E-state index contributed by atoms with van der Waals surface area (Å²) in [5.74, 6) is -0.796.